The van der Waals surface area contributed by atoms with E-state index in [2.05, 4.69) is 17.6 Å². The predicted molar refractivity (Wildman–Crippen MR) is 109 cm³/mol. The van der Waals surface area contributed by atoms with Gasteiger partial charge in [0.05, 0.1) is 7.11 Å². The van der Waals surface area contributed by atoms with Gasteiger partial charge in [-0.25, -0.2) is 4.79 Å². The average Bonchev–Trinajstić information content (AvgIpc) is 2.68. The van der Waals surface area contributed by atoms with Crippen molar-refractivity contribution in [3.8, 4) is 0 Å². The summed E-state index contributed by atoms with van der Waals surface area (Å²) in [5, 5.41) is 5.75. The lowest BCUT2D eigenvalue weighted by molar-refractivity contribution is -0.145. The number of thioether (sulfide) groups is 1. The van der Waals surface area contributed by atoms with Gasteiger partial charge in [0.2, 0.25) is 11.8 Å². The molecular formula is C20H36N2O4S. The molecule has 0 heterocycles. The second-order valence-electron chi connectivity index (χ2n) is 7.69. The van der Waals surface area contributed by atoms with E-state index in [1.807, 2.05) is 20.1 Å². The third-order valence-corrected chi connectivity index (χ3v) is 6.24. The molecule has 3 atom stereocenters. The van der Waals surface area contributed by atoms with E-state index in [1.54, 1.807) is 11.8 Å². The molecule has 0 radical (unpaired) electrons. The van der Waals surface area contributed by atoms with Gasteiger partial charge in [-0.3, -0.25) is 9.59 Å². The van der Waals surface area contributed by atoms with Gasteiger partial charge in [-0.2, -0.15) is 11.8 Å². The Labute approximate surface area is 167 Å². The molecule has 2 N–H and O–H groups in total. The van der Waals surface area contributed by atoms with Crippen LogP contribution in [0.4, 0.5) is 0 Å². The molecule has 0 unspecified atom stereocenters. The van der Waals surface area contributed by atoms with Crippen molar-refractivity contribution in [1.82, 2.24) is 10.6 Å². The highest BCUT2D eigenvalue weighted by Gasteiger charge is 2.32. The first kappa shape index (κ1) is 23.8. The molecule has 1 rings (SSSR count). The number of carbonyl (C=O) groups excluding carboxylic acids is 3. The summed E-state index contributed by atoms with van der Waals surface area (Å²) in [5.74, 6) is 0.566. The molecule has 1 aliphatic rings. The van der Waals surface area contributed by atoms with Crippen LogP contribution in [0.15, 0.2) is 0 Å². The zero-order valence-electron chi connectivity index (χ0n) is 17.4. The predicted octanol–water partition coefficient (Wildman–Crippen LogP) is 2.75. The molecule has 0 bridgehead atoms. The molecule has 0 aromatic rings. The third kappa shape index (κ3) is 7.72. The molecule has 0 saturated heterocycles. The monoisotopic (exact) mass is 400 g/mol. The summed E-state index contributed by atoms with van der Waals surface area (Å²) >= 11 is 1.60. The Bertz CT molecular complexity index is 492. The first-order valence-corrected chi connectivity index (χ1v) is 11.4. The van der Waals surface area contributed by atoms with E-state index in [9.17, 15) is 14.4 Å². The topological polar surface area (TPSA) is 84.5 Å². The fourth-order valence-electron chi connectivity index (χ4n) is 3.38. The molecule has 27 heavy (non-hydrogen) atoms. The summed E-state index contributed by atoms with van der Waals surface area (Å²) in [6.45, 7) is 6.15. The molecule has 2 amide bonds. The lowest BCUT2D eigenvalue weighted by atomic mass is 9.82. The lowest BCUT2D eigenvalue weighted by Crippen LogP contribution is -2.55. The van der Waals surface area contributed by atoms with Crippen LogP contribution in [0, 0.1) is 17.8 Å². The third-order valence-electron chi connectivity index (χ3n) is 5.59. The van der Waals surface area contributed by atoms with Crippen molar-refractivity contribution in [3.63, 3.8) is 0 Å². The Kier molecular flexibility index (Phi) is 10.8. The van der Waals surface area contributed by atoms with Crippen LogP contribution in [0.5, 0.6) is 0 Å². The number of esters is 1. The first-order valence-electron chi connectivity index (χ1n) is 10.0. The summed E-state index contributed by atoms with van der Waals surface area (Å²) < 4.78 is 4.81. The number of carbonyl (C=O) groups is 3. The van der Waals surface area contributed by atoms with Crippen molar-refractivity contribution < 1.29 is 19.1 Å². The van der Waals surface area contributed by atoms with Crippen LogP contribution in [-0.2, 0) is 19.1 Å². The van der Waals surface area contributed by atoms with E-state index in [0.717, 1.165) is 37.9 Å². The molecule has 1 aliphatic carbocycles. The van der Waals surface area contributed by atoms with Gasteiger partial charge in [0.15, 0.2) is 0 Å². The molecule has 0 spiro atoms. The Morgan fingerprint density at radius 2 is 1.78 bits per heavy atom. The van der Waals surface area contributed by atoms with Crippen LogP contribution < -0.4 is 10.6 Å². The highest BCUT2D eigenvalue weighted by atomic mass is 32.2. The van der Waals surface area contributed by atoms with E-state index >= 15 is 0 Å². The maximum atomic E-state index is 12.9. The van der Waals surface area contributed by atoms with Gasteiger partial charge >= 0.3 is 5.97 Å². The van der Waals surface area contributed by atoms with Gasteiger partial charge in [-0.1, -0.05) is 27.2 Å². The zero-order valence-corrected chi connectivity index (χ0v) is 18.2. The minimum Gasteiger partial charge on any atom is -0.467 e. The van der Waals surface area contributed by atoms with Gasteiger partial charge in [0.25, 0.3) is 0 Å². The summed E-state index contributed by atoms with van der Waals surface area (Å²) in [5.41, 5.74) is 0. The number of ether oxygens (including phenoxy) is 1. The highest BCUT2D eigenvalue weighted by Crippen LogP contribution is 2.28. The van der Waals surface area contributed by atoms with Gasteiger partial charge in [-0.05, 0) is 55.9 Å². The van der Waals surface area contributed by atoms with E-state index in [1.165, 1.54) is 7.11 Å². The van der Waals surface area contributed by atoms with Crippen molar-refractivity contribution in [2.45, 2.75) is 71.4 Å². The molecule has 1 fully saturated rings. The fourth-order valence-corrected chi connectivity index (χ4v) is 3.86. The maximum absolute atomic E-state index is 12.9. The Balaban J connectivity index is 2.77. The van der Waals surface area contributed by atoms with Crippen LogP contribution in [0.25, 0.3) is 0 Å². The molecule has 0 aliphatic heterocycles. The van der Waals surface area contributed by atoms with Crippen LogP contribution >= 0.6 is 11.8 Å². The quantitative estimate of drug-likeness (QED) is 0.551. The fraction of sp³-hybridized carbons (Fsp3) is 0.850. The van der Waals surface area contributed by atoms with Crippen LogP contribution in [0.2, 0.25) is 0 Å². The Morgan fingerprint density at radius 1 is 1.15 bits per heavy atom. The molecule has 0 aromatic carbocycles. The molecular weight excluding hydrogens is 364 g/mol. The molecule has 1 saturated carbocycles. The lowest BCUT2D eigenvalue weighted by Gasteiger charge is -2.30. The van der Waals surface area contributed by atoms with Gasteiger partial charge in [0.1, 0.15) is 12.1 Å². The van der Waals surface area contributed by atoms with Crippen molar-refractivity contribution in [2.75, 3.05) is 19.1 Å². The van der Waals surface area contributed by atoms with Crippen molar-refractivity contribution >= 4 is 29.5 Å². The minimum atomic E-state index is -0.686. The zero-order chi connectivity index (χ0) is 20.4. The number of nitrogens with one attached hydrogen (secondary N) is 2. The second-order valence-corrected chi connectivity index (χ2v) is 8.68. The smallest absolute Gasteiger partial charge is 0.328 e. The Morgan fingerprint density at radius 3 is 2.30 bits per heavy atom. The standard InChI is InChI=1S/C20H36N2O4S/c1-6-14(3)17(22-18(23)15-9-7-13(2)8-10-15)19(24)21-16(11-12-27-5)20(25)26-4/h13-17H,6-12H2,1-5H3,(H,21,24)(H,22,23)/t13?,14-,15?,16+,17+/m0/s1. The normalized spacial score (nSPS) is 23.0. The number of rotatable bonds is 10. The first-order chi connectivity index (χ1) is 12.8. The van der Waals surface area contributed by atoms with E-state index < -0.39 is 18.1 Å². The van der Waals surface area contributed by atoms with E-state index in [4.69, 9.17) is 4.74 Å². The summed E-state index contributed by atoms with van der Waals surface area (Å²) in [4.78, 5) is 37.6. The average molecular weight is 401 g/mol. The van der Waals surface area contributed by atoms with E-state index in [0.29, 0.717) is 12.3 Å². The summed E-state index contributed by atoms with van der Waals surface area (Å²) in [7, 11) is 1.32. The van der Waals surface area contributed by atoms with E-state index in [-0.39, 0.29) is 23.7 Å². The van der Waals surface area contributed by atoms with Crippen molar-refractivity contribution in [3.05, 3.63) is 0 Å². The van der Waals surface area contributed by atoms with Gasteiger partial charge < -0.3 is 15.4 Å². The van der Waals surface area contributed by atoms with Crippen molar-refractivity contribution in [2.24, 2.45) is 17.8 Å². The molecule has 156 valence electrons. The van der Waals surface area contributed by atoms with Crippen LogP contribution in [0.3, 0.4) is 0 Å². The highest BCUT2D eigenvalue weighted by molar-refractivity contribution is 7.98. The SMILES string of the molecule is CC[C@H](C)[C@@H](NC(=O)C1CCC(C)CC1)C(=O)N[C@H](CCSC)C(=O)OC. The number of methoxy groups -OCH3 is 1. The minimum absolute atomic E-state index is 0.0182. The second kappa shape index (κ2) is 12.3. The van der Waals surface area contributed by atoms with Gasteiger partial charge in [0, 0.05) is 5.92 Å². The van der Waals surface area contributed by atoms with Crippen LogP contribution in [-0.4, -0.2) is 49.0 Å². The van der Waals surface area contributed by atoms with Gasteiger partial charge in [-0.15, -0.1) is 0 Å². The molecule has 6 nitrogen and oxygen atoms in total. The summed E-state index contributed by atoms with van der Waals surface area (Å²) in [6, 6.07) is -1.32. The molecule has 7 heteroatoms. The Hall–Kier alpha value is -1.24. The summed E-state index contributed by atoms with van der Waals surface area (Å²) in [6.07, 6.45) is 7.06. The molecule has 0 aromatic heterocycles. The number of hydrogen-bond donors (Lipinski definition) is 2. The number of hydrogen-bond acceptors (Lipinski definition) is 5. The number of amides is 2. The largest absolute Gasteiger partial charge is 0.467 e. The van der Waals surface area contributed by atoms with Crippen LogP contribution in [0.1, 0.15) is 59.3 Å². The van der Waals surface area contributed by atoms with Crippen molar-refractivity contribution in [1.29, 1.82) is 0 Å². The maximum Gasteiger partial charge on any atom is 0.328 e.